The monoisotopic (exact) mass is 518 g/mol. The molecule has 1 unspecified atom stereocenters. The van der Waals surface area contributed by atoms with Crippen molar-refractivity contribution in [1.82, 2.24) is 10.9 Å². The van der Waals surface area contributed by atoms with E-state index in [9.17, 15) is 23.2 Å². The smallest absolute Gasteiger partial charge is 0.315 e. The molecule has 0 aromatic heterocycles. The van der Waals surface area contributed by atoms with E-state index in [0.717, 1.165) is 17.3 Å². The van der Waals surface area contributed by atoms with E-state index in [1.165, 1.54) is 0 Å². The molecule has 0 radical (unpaired) electrons. The van der Waals surface area contributed by atoms with E-state index in [2.05, 4.69) is 10.9 Å². The number of aldehydes is 1. The van der Waals surface area contributed by atoms with Crippen LogP contribution in [-0.4, -0.2) is 63.0 Å². The summed E-state index contributed by atoms with van der Waals surface area (Å²) in [5.74, 6) is -3.46. The third-order valence-electron chi connectivity index (χ3n) is 5.17. The lowest BCUT2D eigenvalue weighted by molar-refractivity contribution is -0.143. The molecule has 1 aromatic carbocycles. The second kappa shape index (κ2) is 18.3. The van der Waals surface area contributed by atoms with Gasteiger partial charge in [0.1, 0.15) is 6.29 Å². The van der Waals surface area contributed by atoms with Crippen LogP contribution in [0.1, 0.15) is 57.6 Å². The van der Waals surface area contributed by atoms with Gasteiger partial charge in [0.25, 0.3) is 0 Å². The zero-order valence-electron chi connectivity index (χ0n) is 21.5. The van der Waals surface area contributed by atoms with Gasteiger partial charge in [0.2, 0.25) is 5.92 Å². The van der Waals surface area contributed by atoms with Crippen LogP contribution < -0.4 is 10.9 Å². The fourth-order valence-corrected chi connectivity index (χ4v) is 3.82. The molecule has 7 nitrogen and oxygen atoms in total. The lowest BCUT2D eigenvalue weighted by Crippen LogP contribution is -2.28. The van der Waals surface area contributed by atoms with E-state index >= 15 is 0 Å². The van der Waals surface area contributed by atoms with E-state index in [-0.39, 0.29) is 43.3 Å². The molecule has 0 fully saturated rings. The summed E-state index contributed by atoms with van der Waals surface area (Å²) in [6.45, 7) is 5.66. The van der Waals surface area contributed by atoms with E-state index in [1.807, 2.05) is 20.2 Å². The number of halogens is 2. The van der Waals surface area contributed by atoms with Crippen molar-refractivity contribution in [3.63, 3.8) is 0 Å². The van der Waals surface area contributed by atoms with Crippen LogP contribution in [-0.2, 0) is 35.7 Å². The summed E-state index contributed by atoms with van der Waals surface area (Å²) in [4.78, 5) is 34.7. The molecule has 2 N–H and O–H groups in total. The second-order valence-electron chi connectivity index (χ2n) is 8.00. The van der Waals surface area contributed by atoms with Crippen molar-refractivity contribution >= 4 is 30.0 Å². The number of alkyl halides is 2. The molecule has 35 heavy (non-hydrogen) atoms. The first-order valence-corrected chi connectivity index (χ1v) is 12.9. The van der Waals surface area contributed by atoms with Crippen LogP contribution in [0.2, 0.25) is 0 Å². The summed E-state index contributed by atoms with van der Waals surface area (Å²) in [5, 5.41) is 0. The highest BCUT2D eigenvalue weighted by Gasteiger charge is 2.34. The Kier molecular flexibility index (Phi) is 17.2. The zero-order valence-corrected chi connectivity index (χ0v) is 22.3. The number of aryl methyl sites for hydroxylation is 1. The molecule has 1 aromatic rings. The fraction of sp³-hybridized carbons (Fsp3) is 0.640. The molecule has 10 heteroatoms. The van der Waals surface area contributed by atoms with Gasteiger partial charge >= 0.3 is 11.9 Å². The largest absolute Gasteiger partial charge is 0.466 e. The van der Waals surface area contributed by atoms with Crippen molar-refractivity contribution in [2.24, 2.45) is 0 Å². The molecule has 1 rings (SSSR count). The number of nitrogens with one attached hydrogen (secondary N) is 2. The Bertz CT molecular complexity index is 765. The first-order valence-electron chi connectivity index (χ1n) is 11.7. The van der Waals surface area contributed by atoms with Crippen LogP contribution in [0.25, 0.3) is 0 Å². The van der Waals surface area contributed by atoms with Gasteiger partial charge in [-0.15, -0.1) is 11.8 Å². The van der Waals surface area contributed by atoms with Crippen molar-refractivity contribution in [1.29, 1.82) is 0 Å². The third-order valence-corrected chi connectivity index (χ3v) is 6.10. The molecule has 200 valence electrons. The molecule has 0 aliphatic heterocycles. The summed E-state index contributed by atoms with van der Waals surface area (Å²) < 4.78 is 38.4. The molecule has 0 aliphatic carbocycles. The van der Waals surface area contributed by atoms with Crippen LogP contribution >= 0.6 is 11.8 Å². The number of hydrazine groups is 1. The highest BCUT2D eigenvalue weighted by atomic mass is 32.2. The number of carbonyl (C=O) groups excluding carboxylic acids is 3. The van der Waals surface area contributed by atoms with E-state index < -0.39 is 23.7 Å². The Labute approximate surface area is 212 Å². The number of hydrogen-bond donors (Lipinski definition) is 2. The Balaban J connectivity index is 0.00000267. The minimum absolute atomic E-state index is 0.00657. The van der Waals surface area contributed by atoms with Gasteiger partial charge in [0.05, 0.1) is 19.0 Å². The maximum atomic E-state index is 14.3. The first kappa shape index (κ1) is 33.0. The summed E-state index contributed by atoms with van der Waals surface area (Å²) >= 11 is 1.11. The molecule has 0 saturated heterocycles. The Hall–Kier alpha value is -2.04. The molecule has 0 bridgehead atoms. The minimum Gasteiger partial charge on any atom is -0.466 e. The van der Waals surface area contributed by atoms with Crippen molar-refractivity contribution in [3.8, 4) is 0 Å². The van der Waals surface area contributed by atoms with Crippen LogP contribution in [0.3, 0.4) is 0 Å². The molecular weight excluding hydrogens is 478 g/mol. The van der Waals surface area contributed by atoms with Gasteiger partial charge in [-0.2, -0.15) is 0 Å². The number of rotatable bonds is 16. The number of ether oxygens (including phenoxy) is 2. The molecule has 0 amide bonds. The van der Waals surface area contributed by atoms with E-state index in [0.29, 0.717) is 24.9 Å². The highest BCUT2D eigenvalue weighted by Crippen LogP contribution is 2.34. The van der Waals surface area contributed by atoms with Gasteiger partial charge in [-0.05, 0) is 64.6 Å². The molecule has 1 atom stereocenters. The SMILES string of the molecule is CCOC(=O)CCc1cccc(C(C)(C=O)CCC(F)(F)CCSCC(=O)OCC)c1.CNNC. The quantitative estimate of drug-likeness (QED) is 0.146. The van der Waals surface area contributed by atoms with E-state index in [1.54, 1.807) is 39.0 Å². The Morgan fingerprint density at radius 1 is 1.03 bits per heavy atom. The van der Waals surface area contributed by atoms with Crippen molar-refractivity contribution in [2.75, 3.05) is 38.8 Å². The highest BCUT2D eigenvalue weighted by molar-refractivity contribution is 7.99. The lowest BCUT2D eigenvalue weighted by atomic mass is 9.78. The average Bonchev–Trinajstić information content (AvgIpc) is 2.85. The van der Waals surface area contributed by atoms with Crippen LogP contribution in [0.4, 0.5) is 8.78 Å². The molecular formula is C25H40F2N2O5S. The number of esters is 2. The lowest BCUT2D eigenvalue weighted by Gasteiger charge is -2.27. The van der Waals surface area contributed by atoms with Crippen LogP contribution in [0.5, 0.6) is 0 Å². The number of benzene rings is 1. The third kappa shape index (κ3) is 14.8. The topological polar surface area (TPSA) is 93.7 Å². The summed E-state index contributed by atoms with van der Waals surface area (Å²) in [6.07, 6.45) is 0.573. The molecule has 0 saturated carbocycles. The predicted molar refractivity (Wildman–Crippen MR) is 136 cm³/mol. The normalized spacial score (nSPS) is 12.7. The van der Waals surface area contributed by atoms with Gasteiger partial charge in [0.15, 0.2) is 0 Å². The van der Waals surface area contributed by atoms with Crippen molar-refractivity contribution in [2.45, 2.75) is 64.2 Å². The maximum absolute atomic E-state index is 14.3. The average molecular weight is 519 g/mol. The Morgan fingerprint density at radius 2 is 1.66 bits per heavy atom. The summed E-state index contributed by atoms with van der Waals surface area (Å²) in [6, 6.07) is 7.14. The number of carbonyl (C=O) groups is 3. The summed E-state index contributed by atoms with van der Waals surface area (Å²) in [7, 11) is 3.64. The minimum atomic E-state index is -2.94. The zero-order chi connectivity index (χ0) is 26.7. The van der Waals surface area contributed by atoms with Gasteiger partial charge in [-0.25, -0.2) is 8.78 Å². The van der Waals surface area contributed by atoms with E-state index in [4.69, 9.17) is 9.47 Å². The second-order valence-corrected chi connectivity index (χ2v) is 9.11. The number of hydrogen-bond acceptors (Lipinski definition) is 8. The van der Waals surface area contributed by atoms with Crippen LogP contribution in [0.15, 0.2) is 24.3 Å². The van der Waals surface area contributed by atoms with Gasteiger partial charge in [-0.3, -0.25) is 20.4 Å². The Morgan fingerprint density at radius 3 is 2.23 bits per heavy atom. The fourth-order valence-electron chi connectivity index (χ4n) is 2.98. The van der Waals surface area contributed by atoms with Gasteiger partial charge in [0, 0.05) is 24.7 Å². The predicted octanol–water partition coefficient (Wildman–Crippen LogP) is 4.08. The molecule has 0 aliphatic rings. The van der Waals surface area contributed by atoms with Gasteiger partial charge in [-0.1, -0.05) is 24.3 Å². The van der Waals surface area contributed by atoms with Crippen LogP contribution in [0, 0.1) is 0 Å². The van der Waals surface area contributed by atoms with Crippen molar-refractivity contribution in [3.05, 3.63) is 35.4 Å². The summed E-state index contributed by atoms with van der Waals surface area (Å²) in [5.41, 5.74) is 5.80. The maximum Gasteiger partial charge on any atom is 0.315 e. The first-order chi connectivity index (χ1) is 16.6. The standard InChI is InChI=1S/C23H32F2O5S.C2H8N2/c1-4-29-20(27)10-9-18-7-6-8-19(15-18)22(3,17-26)11-12-23(24,25)13-14-31-16-21(28)30-5-2;1-3-4-2/h6-8,15,17H,4-5,9-14,16H2,1-3H3;3-4H,1-2H3. The molecule has 0 spiro atoms. The van der Waals surface area contributed by atoms with Gasteiger partial charge < -0.3 is 14.3 Å². The molecule has 0 heterocycles. The number of thioether (sulfide) groups is 1. The van der Waals surface area contributed by atoms with Crippen molar-refractivity contribution < 1.29 is 32.6 Å².